The van der Waals surface area contributed by atoms with Crippen molar-refractivity contribution in [2.24, 2.45) is 23.7 Å². The van der Waals surface area contributed by atoms with Crippen LogP contribution in [0.5, 0.6) is 0 Å². The molecule has 0 N–H and O–H groups in total. The topological polar surface area (TPSA) is 96.0 Å². The van der Waals surface area contributed by atoms with Crippen molar-refractivity contribution >= 4 is 24.0 Å². The summed E-state index contributed by atoms with van der Waals surface area (Å²) in [4.78, 5) is 48.0. The number of esters is 2. The minimum atomic E-state index is -0.648. The standard InChI is InChI=1S/C29H48O7/c1-21(31)23-9-7-11-25(15-14-23)27(33)36-29(4,5)17-19-35-28(2,3)16-18-34-26(32)24-10-6-8-22(20-30)12-13-24/h20,22-25H,6-19H2,1-5H3. The fourth-order valence-corrected chi connectivity index (χ4v) is 5.21. The Kier molecular flexibility index (Phi) is 12.1. The largest absolute Gasteiger partial charge is 0.465 e. The molecule has 0 spiro atoms. The van der Waals surface area contributed by atoms with Crippen LogP contribution in [0.2, 0.25) is 0 Å². The van der Waals surface area contributed by atoms with Gasteiger partial charge in [-0.05, 0) is 86.0 Å². The number of ketones is 1. The van der Waals surface area contributed by atoms with Crippen molar-refractivity contribution in [3.8, 4) is 0 Å². The Balaban J connectivity index is 1.68. The molecule has 36 heavy (non-hydrogen) atoms. The van der Waals surface area contributed by atoms with Gasteiger partial charge in [0, 0.05) is 24.7 Å². The molecule has 206 valence electrons. The Morgan fingerprint density at radius 3 is 1.94 bits per heavy atom. The van der Waals surface area contributed by atoms with E-state index in [2.05, 4.69) is 0 Å². The summed E-state index contributed by atoms with van der Waals surface area (Å²) in [5.74, 6) is -0.227. The second-order valence-electron chi connectivity index (χ2n) is 12.1. The second-order valence-corrected chi connectivity index (χ2v) is 12.1. The molecule has 0 heterocycles. The fourth-order valence-electron chi connectivity index (χ4n) is 5.21. The number of hydrogen-bond acceptors (Lipinski definition) is 7. The molecule has 0 saturated heterocycles. The zero-order valence-corrected chi connectivity index (χ0v) is 23.1. The number of hydrogen-bond donors (Lipinski definition) is 0. The van der Waals surface area contributed by atoms with Crippen LogP contribution in [0.15, 0.2) is 0 Å². The van der Waals surface area contributed by atoms with E-state index in [1.54, 1.807) is 6.92 Å². The van der Waals surface area contributed by atoms with Crippen LogP contribution in [0.25, 0.3) is 0 Å². The van der Waals surface area contributed by atoms with Gasteiger partial charge in [-0.25, -0.2) is 0 Å². The van der Waals surface area contributed by atoms with Gasteiger partial charge in [-0.2, -0.15) is 0 Å². The van der Waals surface area contributed by atoms with E-state index in [1.807, 2.05) is 27.7 Å². The first-order valence-electron chi connectivity index (χ1n) is 13.9. The lowest BCUT2D eigenvalue weighted by Crippen LogP contribution is -2.35. The van der Waals surface area contributed by atoms with Gasteiger partial charge in [0.25, 0.3) is 0 Å². The maximum Gasteiger partial charge on any atom is 0.309 e. The van der Waals surface area contributed by atoms with E-state index in [9.17, 15) is 19.2 Å². The highest BCUT2D eigenvalue weighted by Gasteiger charge is 2.32. The molecule has 2 aliphatic rings. The van der Waals surface area contributed by atoms with Crippen LogP contribution >= 0.6 is 0 Å². The summed E-state index contributed by atoms with van der Waals surface area (Å²) in [7, 11) is 0. The molecule has 2 fully saturated rings. The lowest BCUT2D eigenvalue weighted by Gasteiger charge is -2.30. The van der Waals surface area contributed by atoms with E-state index < -0.39 is 11.2 Å². The molecular formula is C29H48O7. The second kappa shape index (κ2) is 14.3. The first-order chi connectivity index (χ1) is 16.9. The summed E-state index contributed by atoms with van der Waals surface area (Å²) < 4.78 is 17.5. The van der Waals surface area contributed by atoms with E-state index in [1.165, 1.54) is 0 Å². The summed E-state index contributed by atoms with van der Waals surface area (Å²) in [6.07, 6.45) is 10.1. The Bertz CT molecular complexity index is 742. The molecule has 0 aliphatic heterocycles. The highest BCUT2D eigenvalue weighted by molar-refractivity contribution is 5.78. The highest BCUT2D eigenvalue weighted by Crippen LogP contribution is 2.31. The van der Waals surface area contributed by atoms with Crippen molar-refractivity contribution in [2.45, 2.75) is 123 Å². The minimum Gasteiger partial charge on any atom is -0.465 e. The number of Topliss-reactive ketones (excluding diaryl/α,β-unsaturated/α-hetero) is 1. The number of aldehydes is 1. The molecule has 4 atom stereocenters. The summed E-state index contributed by atoms with van der Waals surface area (Å²) >= 11 is 0. The molecule has 0 amide bonds. The van der Waals surface area contributed by atoms with E-state index in [4.69, 9.17) is 14.2 Å². The SMILES string of the molecule is CC(=O)C1CCCC(C(=O)OC(C)(C)CCOC(C)(C)CCOC(=O)C2CCCC(C=O)CC2)CC1. The first kappa shape index (κ1) is 30.5. The van der Waals surface area contributed by atoms with Crippen molar-refractivity contribution in [2.75, 3.05) is 13.2 Å². The Morgan fingerprint density at radius 1 is 0.722 bits per heavy atom. The van der Waals surface area contributed by atoms with Crippen LogP contribution in [-0.4, -0.2) is 48.4 Å². The molecule has 0 radical (unpaired) electrons. The molecule has 2 rings (SSSR count). The third kappa shape index (κ3) is 10.7. The number of ether oxygens (including phenoxy) is 3. The molecule has 2 aliphatic carbocycles. The van der Waals surface area contributed by atoms with Crippen LogP contribution in [0.1, 0.15) is 112 Å². The zero-order chi connectivity index (χ0) is 26.8. The van der Waals surface area contributed by atoms with Crippen molar-refractivity contribution in [3.63, 3.8) is 0 Å². The molecule has 0 aromatic carbocycles. The van der Waals surface area contributed by atoms with Crippen molar-refractivity contribution in [1.82, 2.24) is 0 Å². The van der Waals surface area contributed by atoms with Gasteiger partial charge in [0.1, 0.15) is 17.7 Å². The lowest BCUT2D eigenvalue weighted by atomic mass is 9.95. The monoisotopic (exact) mass is 508 g/mol. The smallest absolute Gasteiger partial charge is 0.309 e. The Labute approximate surface area is 217 Å². The zero-order valence-electron chi connectivity index (χ0n) is 23.1. The van der Waals surface area contributed by atoms with E-state index in [0.29, 0.717) is 38.9 Å². The molecule has 7 nitrogen and oxygen atoms in total. The summed E-state index contributed by atoms with van der Waals surface area (Å²) in [6.45, 7) is 10.1. The normalized spacial score (nSPS) is 25.8. The molecule has 7 heteroatoms. The van der Waals surface area contributed by atoms with Crippen molar-refractivity contribution < 1.29 is 33.4 Å². The molecule has 0 aromatic heterocycles. The maximum atomic E-state index is 12.8. The molecule has 0 aromatic rings. The number of carbonyl (C=O) groups excluding carboxylic acids is 4. The van der Waals surface area contributed by atoms with Gasteiger partial charge < -0.3 is 19.0 Å². The van der Waals surface area contributed by atoms with Crippen LogP contribution < -0.4 is 0 Å². The van der Waals surface area contributed by atoms with Crippen molar-refractivity contribution in [3.05, 3.63) is 0 Å². The van der Waals surface area contributed by atoms with Gasteiger partial charge in [0.2, 0.25) is 0 Å². The van der Waals surface area contributed by atoms with Gasteiger partial charge in [0.15, 0.2) is 0 Å². The first-order valence-corrected chi connectivity index (χ1v) is 13.9. The van der Waals surface area contributed by atoms with Gasteiger partial charge in [-0.1, -0.05) is 12.8 Å². The minimum absolute atomic E-state index is 0.0740. The van der Waals surface area contributed by atoms with Crippen LogP contribution in [0.4, 0.5) is 0 Å². The van der Waals surface area contributed by atoms with Crippen LogP contribution in [0, 0.1) is 23.7 Å². The number of rotatable bonds is 12. The lowest BCUT2D eigenvalue weighted by molar-refractivity contribution is -0.165. The van der Waals surface area contributed by atoms with Crippen LogP contribution in [-0.2, 0) is 33.4 Å². The highest BCUT2D eigenvalue weighted by atomic mass is 16.6. The predicted octanol–water partition coefficient (Wildman–Crippen LogP) is 5.61. The third-order valence-electron chi connectivity index (χ3n) is 7.94. The summed E-state index contributed by atoms with van der Waals surface area (Å²) in [6, 6.07) is 0. The molecular weight excluding hydrogens is 460 g/mol. The third-order valence-corrected chi connectivity index (χ3v) is 7.94. The fraction of sp³-hybridized carbons (Fsp3) is 0.862. The van der Waals surface area contributed by atoms with Gasteiger partial charge in [-0.3, -0.25) is 14.4 Å². The van der Waals surface area contributed by atoms with E-state index >= 15 is 0 Å². The molecule has 0 bridgehead atoms. The molecule has 4 unspecified atom stereocenters. The molecule has 2 saturated carbocycles. The van der Waals surface area contributed by atoms with E-state index in [-0.39, 0.29) is 41.4 Å². The van der Waals surface area contributed by atoms with Gasteiger partial charge in [0.05, 0.1) is 30.7 Å². The van der Waals surface area contributed by atoms with Gasteiger partial charge >= 0.3 is 11.9 Å². The number of carbonyl (C=O) groups is 4. The van der Waals surface area contributed by atoms with Gasteiger partial charge in [-0.15, -0.1) is 0 Å². The average Bonchev–Trinajstić information content (AvgIpc) is 3.19. The predicted molar refractivity (Wildman–Crippen MR) is 137 cm³/mol. The summed E-state index contributed by atoms with van der Waals surface area (Å²) in [5, 5.41) is 0. The Morgan fingerprint density at radius 2 is 1.28 bits per heavy atom. The van der Waals surface area contributed by atoms with Crippen molar-refractivity contribution in [1.29, 1.82) is 0 Å². The van der Waals surface area contributed by atoms with Crippen LogP contribution in [0.3, 0.4) is 0 Å². The van der Waals surface area contributed by atoms with E-state index in [0.717, 1.165) is 57.7 Å². The Hall–Kier alpha value is -1.76. The maximum absolute atomic E-state index is 12.8. The average molecular weight is 509 g/mol. The summed E-state index contributed by atoms with van der Waals surface area (Å²) in [5.41, 5.74) is -1.12. The quantitative estimate of drug-likeness (QED) is 0.192.